The van der Waals surface area contributed by atoms with E-state index in [0.717, 1.165) is 35.1 Å². The molecule has 0 fully saturated rings. The third kappa shape index (κ3) is 5.19. The van der Waals surface area contributed by atoms with Crippen molar-refractivity contribution in [2.24, 2.45) is 0 Å². The van der Waals surface area contributed by atoms with Gasteiger partial charge in [0.25, 0.3) is 0 Å². The van der Waals surface area contributed by atoms with Gasteiger partial charge >= 0.3 is 0 Å². The maximum Gasteiger partial charge on any atom is 0.0610 e. The van der Waals surface area contributed by atoms with E-state index in [1.165, 1.54) is 0 Å². The number of halogens is 1. The Morgan fingerprint density at radius 3 is 2.72 bits per heavy atom. The molecule has 18 heavy (non-hydrogen) atoms. The SMILES string of the molecule is CCCNC(C)(CO)CCSc1ccccc1Cl. The molecule has 0 aliphatic rings. The van der Waals surface area contributed by atoms with E-state index in [1.54, 1.807) is 11.8 Å². The fraction of sp³-hybridized carbons (Fsp3) is 0.571. The van der Waals surface area contributed by atoms with Gasteiger partial charge < -0.3 is 10.4 Å². The van der Waals surface area contributed by atoms with Crippen molar-refractivity contribution in [3.63, 3.8) is 0 Å². The van der Waals surface area contributed by atoms with Crippen LogP contribution >= 0.6 is 23.4 Å². The molecule has 0 bridgehead atoms. The minimum absolute atomic E-state index is 0.163. The first-order valence-corrected chi connectivity index (χ1v) is 7.71. The van der Waals surface area contributed by atoms with Crippen LogP contribution in [0.15, 0.2) is 29.2 Å². The van der Waals surface area contributed by atoms with Crippen LogP contribution in [0.25, 0.3) is 0 Å². The predicted molar refractivity (Wildman–Crippen MR) is 80.6 cm³/mol. The Morgan fingerprint density at radius 1 is 1.39 bits per heavy atom. The van der Waals surface area contributed by atoms with Crippen molar-refractivity contribution in [1.29, 1.82) is 0 Å². The van der Waals surface area contributed by atoms with Gasteiger partial charge in [0.2, 0.25) is 0 Å². The van der Waals surface area contributed by atoms with Gasteiger partial charge in [-0.1, -0.05) is 30.7 Å². The molecular weight excluding hydrogens is 266 g/mol. The Labute approximate surface area is 119 Å². The molecule has 4 heteroatoms. The second kappa shape index (κ2) is 8.05. The summed E-state index contributed by atoms with van der Waals surface area (Å²) in [6.07, 6.45) is 1.99. The number of nitrogens with one attached hydrogen (secondary N) is 1. The number of thioether (sulfide) groups is 1. The number of hydrogen-bond donors (Lipinski definition) is 2. The zero-order valence-electron chi connectivity index (χ0n) is 11.1. The van der Waals surface area contributed by atoms with Gasteiger partial charge in [-0.15, -0.1) is 11.8 Å². The highest BCUT2D eigenvalue weighted by Gasteiger charge is 2.21. The van der Waals surface area contributed by atoms with Crippen LogP contribution in [-0.2, 0) is 0 Å². The molecule has 1 atom stereocenters. The molecule has 0 amide bonds. The fourth-order valence-electron chi connectivity index (χ4n) is 1.60. The number of aliphatic hydroxyl groups excluding tert-OH is 1. The number of benzene rings is 1. The minimum atomic E-state index is -0.190. The van der Waals surface area contributed by atoms with Gasteiger partial charge in [0.15, 0.2) is 0 Å². The van der Waals surface area contributed by atoms with E-state index in [2.05, 4.69) is 19.2 Å². The summed E-state index contributed by atoms with van der Waals surface area (Å²) >= 11 is 7.85. The maximum atomic E-state index is 9.47. The number of rotatable bonds is 8. The molecule has 0 aromatic heterocycles. The molecule has 0 radical (unpaired) electrons. The smallest absolute Gasteiger partial charge is 0.0610 e. The van der Waals surface area contributed by atoms with Gasteiger partial charge in [-0.05, 0) is 44.2 Å². The molecule has 102 valence electrons. The molecule has 0 aliphatic carbocycles. The lowest BCUT2D eigenvalue weighted by Gasteiger charge is -2.28. The van der Waals surface area contributed by atoms with Crippen LogP contribution in [-0.4, -0.2) is 29.5 Å². The summed E-state index contributed by atoms with van der Waals surface area (Å²) in [6, 6.07) is 7.87. The van der Waals surface area contributed by atoms with Gasteiger partial charge in [0.05, 0.1) is 11.6 Å². The molecule has 1 unspecified atom stereocenters. The van der Waals surface area contributed by atoms with Gasteiger partial charge in [-0.25, -0.2) is 0 Å². The van der Waals surface area contributed by atoms with E-state index >= 15 is 0 Å². The molecule has 0 saturated heterocycles. The molecule has 1 aromatic carbocycles. The highest BCUT2D eigenvalue weighted by molar-refractivity contribution is 7.99. The second-order valence-corrected chi connectivity index (χ2v) is 6.22. The average molecular weight is 288 g/mol. The summed E-state index contributed by atoms with van der Waals surface area (Å²) in [4.78, 5) is 1.11. The van der Waals surface area contributed by atoms with Crippen LogP contribution in [0, 0.1) is 0 Å². The first kappa shape index (κ1) is 15.8. The van der Waals surface area contributed by atoms with Crippen LogP contribution < -0.4 is 5.32 Å². The van der Waals surface area contributed by atoms with Crippen molar-refractivity contribution in [3.8, 4) is 0 Å². The highest BCUT2D eigenvalue weighted by Crippen LogP contribution is 2.28. The summed E-state index contributed by atoms with van der Waals surface area (Å²) in [5.74, 6) is 0.942. The van der Waals surface area contributed by atoms with Crippen molar-refractivity contribution >= 4 is 23.4 Å². The van der Waals surface area contributed by atoms with Crippen LogP contribution in [0.3, 0.4) is 0 Å². The van der Waals surface area contributed by atoms with E-state index in [-0.39, 0.29) is 12.1 Å². The Kier molecular flexibility index (Phi) is 7.08. The van der Waals surface area contributed by atoms with E-state index in [9.17, 15) is 5.11 Å². The molecule has 0 spiro atoms. The molecule has 2 N–H and O–H groups in total. The molecule has 2 nitrogen and oxygen atoms in total. The Bertz CT molecular complexity index is 361. The van der Waals surface area contributed by atoms with Crippen LogP contribution in [0.4, 0.5) is 0 Å². The van der Waals surface area contributed by atoms with Crippen molar-refractivity contribution < 1.29 is 5.11 Å². The third-order valence-electron chi connectivity index (χ3n) is 2.90. The molecule has 0 heterocycles. The summed E-state index contributed by atoms with van der Waals surface area (Å²) < 4.78 is 0. The summed E-state index contributed by atoms with van der Waals surface area (Å²) in [5, 5.41) is 13.7. The average Bonchev–Trinajstić information content (AvgIpc) is 2.39. The van der Waals surface area contributed by atoms with Crippen molar-refractivity contribution in [1.82, 2.24) is 5.32 Å². The van der Waals surface area contributed by atoms with Crippen LogP contribution in [0.5, 0.6) is 0 Å². The zero-order chi connectivity index (χ0) is 13.4. The molecular formula is C14H22ClNOS. The van der Waals surface area contributed by atoms with Crippen LogP contribution in [0.2, 0.25) is 5.02 Å². The van der Waals surface area contributed by atoms with E-state index in [0.29, 0.717) is 0 Å². The summed E-state index contributed by atoms with van der Waals surface area (Å²) in [7, 11) is 0. The zero-order valence-corrected chi connectivity index (χ0v) is 12.7. The second-order valence-electron chi connectivity index (χ2n) is 4.67. The van der Waals surface area contributed by atoms with Crippen molar-refractivity contribution in [2.45, 2.75) is 37.1 Å². The lowest BCUT2D eigenvalue weighted by atomic mass is 10.0. The minimum Gasteiger partial charge on any atom is -0.394 e. The number of hydrogen-bond acceptors (Lipinski definition) is 3. The first-order chi connectivity index (χ1) is 8.61. The highest BCUT2D eigenvalue weighted by atomic mass is 35.5. The standard InChI is InChI=1S/C14H22ClNOS/c1-3-9-16-14(2,11-17)8-10-18-13-7-5-4-6-12(13)15/h4-7,16-17H,3,8-11H2,1-2H3. The topological polar surface area (TPSA) is 32.3 Å². The van der Waals surface area contributed by atoms with Gasteiger partial charge in [-0.3, -0.25) is 0 Å². The van der Waals surface area contributed by atoms with Gasteiger partial charge in [0, 0.05) is 10.4 Å². The summed E-state index contributed by atoms with van der Waals surface area (Å²) in [6.45, 7) is 5.29. The summed E-state index contributed by atoms with van der Waals surface area (Å²) in [5.41, 5.74) is -0.190. The van der Waals surface area contributed by atoms with Gasteiger partial charge in [-0.2, -0.15) is 0 Å². The predicted octanol–water partition coefficient (Wildman–Crippen LogP) is 3.57. The van der Waals surface area contributed by atoms with Crippen molar-refractivity contribution in [2.75, 3.05) is 18.9 Å². The monoisotopic (exact) mass is 287 g/mol. The first-order valence-electron chi connectivity index (χ1n) is 6.34. The Balaban J connectivity index is 2.42. The Hall–Kier alpha value is -0.220. The van der Waals surface area contributed by atoms with E-state index in [1.807, 2.05) is 24.3 Å². The normalized spacial score (nSPS) is 14.4. The molecule has 0 saturated carbocycles. The van der Waals surface area contributed by atoms with E-state index in [4.69, 9.17) is 11.6 Å². The quantitative estimate of drug-likeness (QED) is 0.717. The third-order valence-corrected chi connectivity index (χ3v) is 4.42. The molecule has 0 aliphatic heterocycles. The lowest BCUT2D eigenvalue weighted by molar-refractivity contribution is 0.171. The largest absolute Gasteiger partial charge is 0.394 e. The Morgan fingerprint density at radius 2 is 2.11 bits per heavy atom. The lowest BCUT2D eigenvalue weighted by Crippen LogP contribution is -2.46. The number of aliphatic hydroxyl groups is 1. The van der Waals surface area contributed by atoms with E-state index < -0.39 is 0 Å². The maximum absolute atomic E-state index is 9.47. The van der Waals surface area contributed by atoms with Crippen molar-refractivity contribution in [3.05, 3.63) is 29.3 Å². The molecule has 1 aromatic rings. The van der Waals surface area contributed by atoms with Crippen LogP contribution in [0.1, 0.15) is 26.7 Å². The van der Waals surface area contributed by atoms with Gasteiger partial charge in [0.1, 0.15) is 0 Å². The molecule has 1 rings (SSSR count). The fourth-order valence-corrected chi connectivity index (χ4v) is 3.05.